The highest BCUT2D eigenvalue weighted by molar-refractivity contribution is 6.09. The lowest BCUT2D eigenvalue weighted by atomic mass is 9.97. The first kappa shape index (κ1) is 23.0. The van der Waals surface area contributed by atoms with Gasteiger partial charge in [0.05, 0.1) is 11.9 Å². The molecule has 0 unspecified atom stereocenters. The van der Waals surface area contributed by atoms with E-state index in [4.69, 9.17) is 11.5 Å². The van der Waals surface area contributed by atoms with E-state index in [9.17, 15) is 9.59 Å². The lowest BCUT2D eigenvalue weighted by molar-refractivity contribution is 0.104. The minimum Gasteiger partial charge on any atom is -0.398 e. The lowest BCUT2D eigenvalue weighted by Crippen LogP contribution is -2.15. The number of carbonyl (C=O) groups excluding carboxylic acids is 1. The van der Waals surface area contributed by atoms with Crippen LogP contribution in [0.5, 0.6) is 0 Å². The van der Waals surface area contributed by atoms with Crippen molar-refractivity contribution in [3.63, 3.8) is 0 Å². The van der Waals surface area contributed by atoms with Crippen molar-refractivity contribution in [3.8, 4) is 11.3 Å². The topological polar surface area (TPSA) is 140 Å². The fourth-order valence-electron chi connectivity index (χ4n) is 4.57. The fraction of sp³-hybridized carbons (Fsp3) is 0.333. The van der Waals surface area contributed by atoms with E-state index in [1.807, 2.05) is 30.3 Å². The minimum absolute atomic E-state index is 0.0318. The van der Waals surface area contributed by atoms with Crippen LogP contribution in [0.2, 0.25) is 0 Å². The van der Waals surface area contributed by atoms with Crippen molar-refractivity contribution in [1.82, 2.24) is 20.3 Å². The highest BCUT2D eigenvalue weighted by atomic mass is 16.1. The Morgan fingerprint density at radius 3 is 2.60 bits per heavy atom. The number of allylic oxidation sites excluding steroid dienone is 1. The number of benzene rings is 1. The van der Waals surface area contributed by atoms with E-state index in [1.54, 1.807) is 6.20 Å². The van der Waals surface area contributed by atoms with Gasteiger partial charge in [-0.3, -0.25) is 9.59 Å². The number of nitrogens with two attached hydrogens (primary N) is 2. The van der Waals surface area contributed by atoms with Crippen LogP contribution in [0.1, 0.15) is 71.6 Å². The molecule has 0 spiro atoms. The summed E-state index contributed by atoms with van der Waals surface area (Å²) in [5.41, 5.74) is 16.3. The second kappa shape index (κ2) is 9.84. The number of aromatic nitrogens is 3. The zero-order valence-electron chi connectivity index (χ0n) is 19.6. The maximum absolute atomic E-state index is 13.0. The fourth-order valence-corrected chi connectivity index (χ4v) is 4.57. The summed E-state index contributed by atoms with van der Waals surface area (Å²) >= 11 is 0. The quantitative estimate of drug-likeness (QED) is 0.292. The van der Waals surface area contributed by atoms with Gasteiger partial charge in [0.25, 0.3) is 5.56 Å². The number of rotatable bonds is 8. The smallest absolute Gasteiger partial charge is 0.251 e. The monoisotopic (exact) mass is 470 g/mol. The Kier molecular flexibility index (Phi) is 6.46. The summed E-state index contributed by atoms with van der Waals surface area (Å²) in [4.78, 5) is 36.9. The Hall–Kier alpha value is -3.78. The van der Waals surface area contributed by atoms with Gasteiger partial charge in [0.15, 0.2) is 11.5 Å². The first-order valence-electron chi connectivity index (χ1n) is 12.2. The molecule has 5 rings (SSSR count). The molecule has 0 atom stereocenters. The van der Waals surface area contributed by atoms with E-state index in [-0.39, 0.29) is 23.0 Å². The standard InChI is InChI=1S/C27H30N6O2/c28-22(18-7-5-16(6-8-18)13-30-20-9-10-20)12-24(34)25-26(29)31-15-23(33-25)19-11-21(27(35)32-14-19)17-3-1-2-4-17/h5-8,11-12,14-15,17,20,30H,1-4,9-10,13,28H2,(H2,29,31)(H,32,35)/b22-12-. The molecule has 0 aliphatic heterocycles. The van der Waals surface area contributed by atoms with Gasteiger partial charge in [0.2, 0.25) is 5.78 Å². The SMILES string of the molecule is N/C(=C\C(=O)c1nc(-c2c[nH]c(=O)c(C3CCCC3)c2)cnc1N)c1ccc(CNC2CC2)cc1. The van der Waals surface area contributed by atoms with Crippen molar-refractivity contribution in [1.29, 1.82) is 0 Å². The van der Waals surface area contributed by atoms with Crippen LogP contribution in [-0.4, -0.2) is 26.8 Å². The van der Waals surface area contributed by atoms with E-state index in [0.717, 1.165) is 43.4 Å². The maximum atomic E-state index is 13.0. The number of ketones is 1. The van der Waals surface area contributed by atoms with E-state index >= 15 is 0 Å². The Morgan fingerprint density at radius 2 is 1.89 bits per heavy atom. The molecule has 0 amide bonds. The number of hydrogen-bond donors (Lipinski definition) is 4. The summed E-state index contributed by atoms with van der Waals surface area (Å²) in [5.74, 6) is -0.140. The normalized spacial score (nSPS) is 16.5. The Bertz CT molecular complexity index is 1320. The van der Waals surface area contributed by atoms with Gasteiger partial charge in [0.1, 0.15) is 0 Å². The molecular formula is C27H30N6O2. The molecule has 0 radical (unpaired) electrons. The first-order valence-corrected chi connectivity index (χ1v) is 12.2. The third-order valence-corrected chi connectivity index (χ3v) is 6.80. The number of pyridine rings is 1. The van der Waals surface area contributed by atoms with E-state index < -0.39 is 5.78 Å². The third kappa shape index (κ3) is 5.33. The molecule has 35 heavy (non-hydrogen) atoms. The van der Waals surface area contributed by atoms with Gasteiger partial charge in [-0.15, -0.1) is 0 Å². The van der Waals surface area contributed by atoms with Gasteiger partial charge in [-0.05, 0) is 48.8 Å². The molecule has 2 aliphatic carbocycles. The minimum atomic E-state index is -0.422. The molecule has 8 nitrogen and oxygen atoms in total. The van der Waals surface area contributed by atoms with Gasteiger partial charge in [0, 0.05) is 41.7 Å². The van der Waals surface area contributed by atoms with Crippen LogP contribution in [0, 0.1) is 0 Å². The first-order chi connectivity index (χ1) is 17.0. The Morgan fingerprint density at radius 1 is 1.14 bits per heavy atom. The number of anilines is 1. The van der Waals surface area contributed by atoms with Crippen molar-refractivity contribution in [2.24, 2.45) is 5.73 Å². The van der Waals surface area contributed by atoms with Crippen molar-refractivity contribution in [2.45, 2.75) is 57.0 Å². The van der Waals surface area contributed by atoms with Gasteiger partial charge < -0.3 is 21.8 Å². The molecule has 2 fully saturated rings. The summed E-state index contributed by atoms with van der Waals surface area (Å²) in [6.07, 6.45) is 11.2. The predicted molar refractivity (Wildman–Crippen MR) is 137 cm³/mol. The van der Waals surface area contributed by atoms with Crippen LogP contribution in [-0.2, 0) is 6.54 Å². The molecule has 2 heterocycles. The molecule has 2 aromatic heterocycles. The summed E-state index contributed by atoms with van der Waals surface area (Å²) < 4.78 is 0. The van der Waals surface area contributed by atoms with Crippen LogP contribution in [0.3, 0.4) is 0 Å². The molecular weight excluding hydrogens is 440 g/mol. The Labute approximate surface area is 203 Å². The third-order valence-electron chi connectivity index (χ3n) is 6.80. The van der Waals surface area contributed by atoms with Crippen LogP contribution in [0.25, 0.3) is 17.0 Å². The molecule has 0 saturated heterocycles. The zero-order chi connectivity index (χ0) is 24.4. The van der Waals surface area contributed by atoms with Crippen LogP contribution in [0.15, 0.2) is 53.6 Å². The molecule has 2 aliphatic rings. The van der Waals surface area contributed by atoms with Crippen LogP contribution in [0.4, 0.5) is 5.82 Å². The van der Waals surface area contributed by atoms with Gasteiger partial charge >= 0.3 is 0 Å². The van der Waals surface area contributed by atoms with Crippen molar-refractivity contribution < 1.29 is 4.79 Å². The van der Waals surface area contributed by atoms with Crippen molar-refractivity contribution in [2.75, 3.05) is 5.73 Å². The number of aromatic amines is 1. The summed E-state index contributed by atoms with van der Waals surface area (Å²) in [6.45, 7) is 0.819. The molecule has 6 N–H and O–H groups in total. The zero-order valence-corrected chi connectivity index (χ0v) is 19.6. The molecule has 3 aromatic rings. The number of nitrogens with one attached hydrogen (secondary N) is 2. The highest BCUT2D eigenvalue weighted by Crippen LogP contribution is 2.33. The second-order valence-electron chi connectivity index (χ2n) is 9.46. The Balaban J connectivity index is 1.36. The molecule has 180 valence electrons. The number of nitrogen functional groups attached to an aromatic ring is 1. The number of hydrogen-bond acceptors (Lipinski definition) is 7. The van der Waals surface area contributed by atoms with E-state index in [2.05, 4.69) is 20.3 Å². The maximum Gasteiger partial charge on any atom is 0.251 e. The summed E-state index contributed by atoms with van der Waals surface area (Å²) in [7, 11) is 0. The van der Waals surface area contributed by atoms with Crippen molar-refractivity contribution >= 4 is 17.3 Å². The van der Waals surface area contributed by atoms with Crippen LogP contribution < -0.4 is 22.3 Å². The van der Waals surface area contributed by atoms with Gasteiger partial charge in [-0.2, -0.15) is 0 Å². The molecule has 8 heteroatoms. The average Bonchev–Trinajstić information content (AvgIpc) is 3.54. The number of carbonyl (C=O) groups is 1. The predicted octanol–water partition coefficient (Wildman–Crippen LogP) is 3.51. The van der Waals surface area contributed by atoms with E-state index in [1.165, 1.54) is 30.7 Å². The lowest BCUT2D eigenvalue weighted by Gasteiger charge is -2.11. The second-order valence-corrected chi connectivity index (χ2v) is 9.46. The average molecular weight is 471 g/mol. The van der Waals surface area contributed by atoms with Gasteiger partial charge in [-0.1, -0.05) is 37.1 Å². The summed E-state index contributed by atoms with van der Waals surface area (Å²) in [6, 6.07) is 10.3. The highest BCUT2D eigenvalue weighted by Gasteiger charge is 2.22. The number of H-pyrrole nitrogens is 1. The van der Waals surface area contributed by atoms with Crippen molar-refractivity contribution in [3.05, 3.63) is 81.5 Å². The largest absolute Gasteiger partial charge is 0.398 e. The molecule has 1 aromatic carbocycles. The van der Waals surface area contributed by atoms with E-state index in [0.29, 0.717) is 23.0 Å². The molecule has 2 saturated carbocycles. The molecule has 0 bridgehead atoms. The number of nitrogens with zero attached hydrogens (tertiary/aromatic N) is 2. The van der Waals surface area contributed by atoms with Crippen LogP contribution >= 0.6 is 0 Å². The van der Waals surface area contributed by atoms with Gasteiger partial charge in [-0.25, -0.2) is 9.97 Å². The summed E-state index contributed by atoms with van der Waals surface area (Å²) in [5, 5.41) is 3.47.